The summed E-state index contributed by atoms with van der Waals surface area (Å²) in [7, 11) is -3.83. The summed E-state index contributed by atoms with van der Waals surface area (Å²) in [5.74, 6) is -1.71. The molecule has 1 saturated heterocycles. The molecule has 0 aliphatic carbocycles. The van der Waals surface area contributed by atoms with Crippen LogP contribution in [0.5, 0.6) is 0 Å². The Morgan fingerprint density at radius 1 is 1.33 bits per heavy atom. The second kappa shape index (κ2) is 6.12. The first-order valence-corrected chi connectivity index (χ1v) is 8.59. The SMILES string of the molecule is CC1CC(C(=O)O)CN(S(=O)(=O)c2ccc(Cl)cc2Cl)C1. The van der Waals surface area contributed by atoms with Crippen molar-refractivity contribution in [3.05, 3.63) is 28.2 Å². The number of carboxylic acids is 1. The molecule has 1 aliphatic rings. The zero-order valence-corrected chi connectivity index (χ0v) is 13.6. The third kappa shape index (κ3) is 3.51. The lowest BCUT2D eigenvalue weighted by molar-refractivity contribution is -0.143. The van der Waals surface area contributed by atoms with E-state index in [0.717, 1.165) is 0 Å². The van der Waals surface area contributed by atoms with E-state index in [-0.39, 0.29) is 28.9 Å². The van der Waals surface area contributed by atoms with Gasteiger partial charge in [0.15, 0.2) is 0 Å². The highest BCUT2D eigenvalue weighted by atomic mass is 35.5. The highest BCUT2D eigenvalue weighted by Gasteiger charge is 2.36. The van der Waals surface area contributed by atoms with Crippen LogP contribution in [-0.4, -0.2) is 36.9 Å². The number of hydrogen-bond acceptors (Lipinski definition) is 3. The molecule has 2 rings (SSSR count). The number of rotatable bonds is 3. The van der Waals surface area contributed by atoms with Crippen LogP contribution in [0.25, 0.3) is 0 Å². The fourth-order valence-electron chi connectivity index (χ4n) is 2.50. The number of piperidine rings is 1. The molecule has 0 aromatic heterocycles. The molecule has 0 bridgehead atoms. The fourth-order valence-corrected chi connectivity index (χ4v) is 4.85. The summed E-state index contributed by atoms with van der Waals surface area (Å²) in [6, 6.07) is 4.15. The van der Waals surface area contributed by atoms with Gasteiger partial charge in [0.05, 0.1) is 10.9 Å². The smallest absolute Gasteiger partial charge is 0.307 e. The van der Waals surface area contributed by atoms with Crippen LogP contribution < -0.4 is 0 Å². The first kappa shape index (κ1) is 16.5. The maximum atomic E-state index is 12.6. The maximum Gasteiger partial charge on any atom is 0.307 e. The number of benzene rings is 1. The molecule has 1 aromatic rings. The van der Waals surface area contributed by atoms with Gasteiger partial charge in [0.2, 0.25) is 10.0 Å². The lowest BCUT2D eigenvalue weighted by Gasteiger charge is -2.33. The molecular weight excluding hydrogens is 337 g/mol. The van der Waals surface area contributed by atoms with E-state index in [2.05, 4.69) is 0 Å². The number of sulfonamides is 1. The molecule has 1 heterocycles. The normalized spacial score (nSPS) is 24.0. The first-order chi connectivity index (χ1) is 9.71. The molecule has 1 aromatic carbocycles. The fraction of sp³-hybridized carbons (Fsp3) is 0.462. The van der Waals surface area contributed by atoms with Gasteiger partial charge in [0.25, 0.3) is 0 Å². The average Bonchev–Trinajstić information content (AvgIpc) is 2.37. The van der Waals surface area contributed by atoms with E-state index < -0.39 is 21.9 Å². The van der Waals surface area contributed by atoms with Crippen molar-refractivity contribution in [3.8, 4) is 0 Å². The van der Waals surface area contributed by atoms with Gasteiger partial charge in [-0.1, -0.05) is 30.1 Å². The van der Waals surface area contributed by atoms with E-state index in [1.165, 1.54) is 22.5 Å². The Kier molecular flexibility index (Phi) is 4.82. The Hall–Kier alpha value is -0.820. The summed E-state index contributed by atoms with van der Waals surface area (Å²) in [6.07, 6.45) is 0.468. The van der Waals surface area contributed by atoms with Crippen LogP contribution in [-0.2, 0) is 14.8 Å². The molecule has 1 aliphatic heterocycles. The zero-order chi connectivity index (χ0) is 15.8. The van der Waals surface area contributed by atoms with Gasteiger partial charge in [0, 0.05) is 18.1 Å². The highest BCUT2D eigenvalue weighted by molar-refractivity contribution is 7.89. The zero-order valence-electron chi connectivity index (χ0n) is 11.3. The second-order valence-corrected chi connectivity index (χ2v) is 8.02. The third-order valence-corrected chi connectivity index (χ3v) is 6.04. The van der Waals surface area contributed by atoms with Crippen molar-refractivity contribution in [2.75, 3.05) is 13.1 Å². The molecule has 1 N–H and O–H groups in total. The Labute approximate surface area is 133 Å². The van der Waals surface area contributed by atoms with Crippen LogP contribution in [0.3, 0.4) is 0 Å². The van der Waals surface area contributed by atoms with Crippen LogP contribution >= 0.6 is 23.2 Å². The molecule has 0 radical (unpaired) electrons. The molecule has 1 fully saturated rings. The number of carbonyl (C=O) groups is 1. The van der Waals surface area contributed by atoms with Crippen LogP contribution in [0.2, 0.25) is 10.0 Å². The average molecular weight is 352 g/mol. The van der Waals surface area contributed by atoms with Gasteiger partial charge < -0.3 is 5.11 Å². The number of aliphatic carboxylic acids is 1. The van der Waals surface area contributed by atoms with E-state index in [1.807, 2.05) is 6.92 Å². The van der Waals surface area contributed by atoms with Crippen LogP contribution in [0.1, 0.15) is 13.3 Å². The molecule has 116 valence electrons. The van der Waals surface area contributed by atoms with E-state index in [0.29, 0.717) is 11.4 Å². The predicted molar refractivity (Wildman–Crippen MR) is 80.1 cm³/mol. The van der Waals surface area contributed by atoms with Crippen molar-refractivity contribution in [2.45, 2.75) is 18.2 Å². The molecule has 0 saturated carbocycles. The topological polar surface area (TPSA) is 74.7 Å². The van der Waals surface area contributed by atoms with Gasteiger partial charge in [-0.3, -0.25) is 4.79 Å². The van der Waals surface area contributed by atoms with Crippen LogP contribution in [0.4, 0.5) is 0 Å². The summed E-state index contributed by atoms with van der Waals surface area (Å²) in [6.45, 7) is 2.08. The summed E-state index contributed by atoms with van der Waals surface area (Å²) >= 11 is 11.7. The maximum absolute atomic E-state index is 12.6. The Morgan fingerprint density at radius 2 is 2.00 bits per heavy atom. The molecular formula is C13H15Cl2NO4S. The van der Waals surface area contributed by atoms with E-state index >= 15 is 0 Å². The number of hydrogen-bond donors (Lipinski definition) is 1. The summed E-state index contributed by atoms with van der Waals surface area (Å²) in [5.41, 5.74) is 0. The highest BCUT2D eigenvalue weighted by Crippen LogP contribution is 2.31. The summed E-state index contributed by atoms with van der Waals surface area (Å²) < 4.78 is 26.5. The van der Waals surface area contributed by atoms with Gasteiger partial charge in [-0.15, -0.1) is 0 Å². The standard InChI is InChI=1S/C13H15Cl2NO4S/c1-8-4-9(13(17)18)7-16(6-8)21(19,20)12-3-2-10(14)5-11(12)15/h2-3,5,8-9H,4,6-7H2,1H3,(H,17,18). The van der Waals surface area contributed by atoms with E-state index in [4.69, 9.17) is 28.3 Å². The number of nitrogens with zero attached hydrogens (tertiary/aromatic N) is 1. The minimum Gasteiger partial charge on any atom is -0.481 e. The molecule has 21 heavy (non-hydrogen) atoms. The van der Waals surface area contributed by atoms with Crippen molar-refractivity contribution < 1.29 is 18.3 Å². The van der Waals surface area contributed by atoms with Gasteiger partial charge >= 0.3 is 5.97 Å². The van der Waals surface area contributed by atoms with Crippen molar-refractivity contribution in [1.29, 1.82) is 0 Å². The van der Waals surface area contributed by atoms with Gasteiger partial charge in [-0.25, -0.2) is 8.42 Å². The lowest BCUT2D eigenvalue weighted by atomic mass is 9.92. The monoisotopic (exact) mass is 351 g/mol. The van der Waals surface area contributed by atoms with Crippen LogP contribution in [0.15, 0.2) is 23.1 Å². The molecule has 5 nitrogen and oxygen atoms in total. The minimum absolute atomic E-state index is 0.0271. The van der Waals surface area contributed by atoms with Crippen molar-refractivity contribution >= 4 is 39.2 Å². The van der Waals surface area contributed by atoms with Gasteiger partial charge in [0.1, 0.15) is 4.90 Å². The minimum atomic E-state index is -3.83. The number of carboxylic acid groups (broad SMARTS) is 1. The van der Waals surface area contributed by atoms with Crippen molar-refractivity contribution in [1.82, 2.24) is 4.31 Å². The molecule has 0 amide bonds. The second-order valence-electron chi connectivity index (χ2n) is 5.27. The van der Waals surface area contributed by atoms with Gasteiger partial charge in [-0.2, -0.15) is 4.31 Å². The molecule has 2 unspecified atom stereocenters. The van der Waals surface area contributed by atoms with E-state index in [1.54, 1.807) is 0 Å². The molecule has 2 atom stereocenters. The summed E-state index contributed by atoms with van der Waals surface area (Å²) in [4.78, 5) is 11.1. The first-order valence-electron chi connectivity index (χ1n) is 6.40. The summed E-state index contributed by atoms with van der Waals surface area (Å²) in [5, 5.41) is 9.51. The Balaban J connectivity index is 2.36. The van der Waals surface area contributed by atoms with Crippen LogP contribution in [0, 0.1) is 11.8 Å². The Morgan fingerprint density at radius 3 is 2.57 bits per heavy atom. The number of halogens is 2. The van der Waals surface area contributed by atoms with Crippen molar-refractivity contribution in [3.63, 3.8) is 0 Å². The van der Waals surface area contributed by atoms with E-state index in [9.17, 15) is 13.2 Å². The lowest BCUT2D eigenvalue weighted by Crippen LogP contribution is -2.45. The third-order valence-electron chi connectivity index (χ3n) is 3.49. The van der Waals surface area contributed by atoms with Crippen molar-refractivity contribution in [2.24, 2.45) is 11.8 Å². The quantitative estimate of drug-likeness (QED) is 0.908. The molecule has 8 heteroatoms. The predicted octanol–water partition coefficient (Wildman–Crippen LogP) is 2.72. The largest absolute Gasteiger partial charge is 0.481 e. The molecule has 0 spiro atoms. The Bertz CT molecular complexity index is 662. The van der Waals surface area contributed by atoms with Gasteiger partial charge in [-0.05, 0) is 30.5 Å².